The molecule has 3 nitrogen and oxygen atoms in total. The summed E-state index contributed by atoms with van der Waals surface area (Å²) in [7, 11) is 2.03. The van der Waals surface area contributed by atoms with Crippen LogP contribution in [0.4, 0.5) is 0 Å². The summed E-state index contributed by atoms with van der Waals surface area (Å²) in [4.78, 5) is 8.41. The van der Waals surface area contributed by atoms with Gasteiger partial charge in [0.15, 0.2) is 0 Å². The van der Waals surface area contributed by atoms with E-state index in [4.69, 9.17) is 0 Å². The Morgan fingerprint density at radius 2 is 2.19 bits per heavy atom. The smallest absolute Gasteiger partial charge is 0.0296 e. The van der Waals surface area contributed by atoms with Crippen molar-refractivity contribution in [1.29, 1.82) is 0 Å². The van der Waals surface area contributed by atoms with Crippen molar-refractivity contribution in [1.82, 2.24) is 15.1 Å². The molecule has 2 aliphatic heterocycles. The van der Waals surface area contributed by atoms with E-state index in [0.717, 1.165) is 19.1 Å². The molecule has 2 saturated heterocycles. The minimum Gasteiger partial charge on any atom is -0.315 e. The van der Waals surface area contributed by atoms with Crippen molar-refractivity contribution < 1.29 is 0 Å². The van der Waals surface area contributed by atoms with Crippen molar-refractivity contribution in [2.45, 2.75) is 58.3 Å². The van der Waals surface area contributed by atoms with E-state index in [9.17, 15) is 0 Å². The number of rotatable bonds is 4. The minimum absolute atomic E-state index is 0.686. The maximum absolute atomic E-state index is 3.26. The van der Waals surface area contributed by atoms with E-state index in [1.165, 1.54) is 48.7 Å². The SMILES string of the molecule is CNCc1cc(CN2CC3CCCCN3CC2C)c(C)s1. The van der Waals surface area contributed by atoms with E-state index in [2.05, 4.69) is 35.0 Å². The van der Waals surface area contributed by atoms with E-state index in [0.29, 0.717) is 6.04 Å². The van der Waals surface area contributed by atoms with Gasteiger partial charge >= 0.3 is 0 Å². The largest absolute Gasteiger partial charge is 0.315 e. The van der Waals surface area contributed by atoms with Crippen LogP contribution >= 0.6 is 11.3 Å². The Kier molecular flexibility index (Phi) is 4.99. The zero-order chi connectivity index (χ0) is 14.8. The lowest BCUT2D eigenvalue weighted by molar-refractivity contribution is 0.0110. The van der Waals surface area contributed by atoms with Crippen molar-refractivity contribution >= 4 is 11.3 Å². The second-order valence-corrected chi connectivity index (χ2v) is 8.09. The summed E-state index contributed by atoms with van der Waals surface area (Å²) < 4.78 is 0. The van der Waals surface area contributed by atoms with Gasteiger partial charge in [0.05, 0.1) is 0 Å². The van der Waals surface area contributed by atoms with Crippen molar-refractivity contribution in [3.8, 4) is 0 Å². The first kappa shape index (κ1) is 15.5. The Morgan fingerprint density at radius 3 is 3.00 bits per heavy atom. The quantitative estimate of drug-likeness (QED) is 0.923. The summed E-state index contributed by atoms with van der Waals surface area (Å²) in [6.07, 6.45) is 4.23. The first-order valence-corrected chi connectivity index (χ1v) is 9.20. The molecule has 2 unspecified atom stereocenters. The fourth-order valence-corrected chi connectivity index (χ4v) is 4.92. The number of nitrogens with one attached hydrogen (secondary N) is 1. The van der Waals surface area contributed by atoms with E-state index >= 15 is 0 Å². The molecule has 2 atom stereocenters. The topological polar surface area (TPSA) is 18.5 Å². The van der Waals surface area contributed by atoms with E-state index in [1.807, 2.05) is 18.4 Å². The maximum atomic E-state index is 3.26. The zero-order valence-electron chi connectivity index (χ0n) is 13.7. The number of nitrogens with zero attached hydrogens (tertiary/aromatic N) is 2. The van der Waals surface area contributed by atoms with E-state index in [-0.39, 0.29) is 0 Å². The third-order valence-corrected chi connectivity index (χ3v) is 6.21. The van der Waals surface area contributed by atoms with Crippen LogP contribution in [-0.2, 0) is 13.1 Å². The van der Waals surface area contributed by atoms with Crippen LogP contribution in [0.3, 0.4) is 0 Å². The van der Waals surface area contributed by atoms with Crippen LogP contribution in [0, 0.1) is 6.92 Å². The van der Waals surface area contributed by atoms with Crippen LogP contribution in [0.2, 0.25) is 0 Å². The predicted octanol–water partition coefficient (Wildman–Crippen LogP) is 2.83. The molecule has 4 heteroatoms. The molecule has 0 amide bonds. The summed E-state index contributed by atoms with van der Waals surface area (Å²) in [6, 6.07) is 3.91. The molecule has 0 saturated carbocycles. The molecule has 0 aliphatic carbocycles. The first-order valence-electron chi connectivity index (χ1n) is 8.38. The highest BCUT2D eigenvalue weighted by atomic mass is 32.1. The Bertz CT molecular complexity index is 471. The first-order chi connectivity index (χ1) is 10.2. The molecule has 21 heavy (non-hydrogen) atoms. The van der Waals surface area contributed by atoms with Gasteiger partial charge < -0.3 is 5.32 Å². The Balaban J connectivity index is 1.66. The summed E-state index contributed by atoms with van der Waals surface area (Å²) >= 11 is 1.95. The van der Waals surface area contributed by atoms with E-state index in [1.54, 1.807) is 5.56 Å². The second-order valence-electron chi connectivity index (χ2n) is 6.75. The third kappa shape index (κ3) is 3.50. The zero-order valence-corrected chi connectivity index (χ0v) is 14.5. The molecule has 0 bridgehead atoms. The number of thiophene rings is 1. The Labute approximate surface area is 133 Å². The lowest BCUT2D eigenvalue weighted by Crippen LogP contribution is -2.58. The summed E-state index contributed by atoms with van der Waals surface area (Å²) in [6.45, 7) is 10.7. The van der Waals surface area contributed by atoms with Crippen LogP contribution in [0.15, 0.2) is 6.07 Å². The van der Waals surface area contributed by atoms with Gasteiger partial charge in [-0.2, -0.15) is 0 Å². The van der Waals surface area contributed by atoms with Gasteiger partial charge in [0, 0.05) is 48.0 Å². The fraction of sp³-hybridized carbons (Fsp3) is 0.765. The van der Waals surface area contributed by atoms with Gasteiger partial charge in [0.25, 0.3) is 0 Å². The number of hydrogen-bond acceptors (Lipinski definition) is 4. The normalized spacial score (nSPS) is 27.8. The number of piperidine rings is 1. The van der Waals surface area contributed by atoms with Crippen molar-refractivity contribution in [2.75, 3.05) is 26.7 Å². The number of hydrogen-bond donors (Lipinski definition) is 1. The molecule has 1 aromatic heterocycles. The monoisotopic (exact) mass is 307 g/mol. The molecule has 2 fully saturated rings. The summed E-state index contributed by atoms with van der Waals surface area (Å²) in [5, 5.41) is 3.26. The van der Waals surface area contributed by atoms with Gasteiger partial charge in [0.2, 0.25) is 0 Å². The van der Waals surface area contributed by atoms with Gasteiger partial charge in [-0.1, -0.05) is 6.42 Å². The average Bonchev–Trinajstić information content (AvgIpc) is 2.80. The molecule has 118 valence electrons. The lowest BCUT2D eigenvalue weighted by Gasteiger charge is -2.47. The number of aryl methyl sites for hydroxylation is 1. The summed E-state index contributed by atoms with van der Waals surface area (Å²) in [5.74, 6) is 0. The summed E-state index contributed by atoms with van der Waals surface area (Å²) in [5.41, 5.74) is 1.54. The highest BCUT2D eigenvalue weighted by Gasteiger charge is 2.32. The standard InChI is InChI=1S/C17H29N3S/c1-13-10-19-7-5-4-6-16(19)12-20(13)11-15-8-17(9-18-3)21-14(15)2/h8,13,16,18H,4-7,9-12H2,1-3H3. The molecular weight excluding hydrogens is 278 g/mol. The van der Waals surface area contributed by atoms with Crippen LogP contribution in [0.1, 0.15) is 41.5 Å². The fourth-order valence-electron chi connectivity index (χ4n) is 3.86. The maximum Gasteiger partial charge on any atom is 0.0296 e. The van der Waals surface area contributed by atoms with Crippen LogP contribution in [-0.4, -0.2) is 48.6 Å². The lowest BCUT2D eigenvalue weighted by atomic mass is 9.97. The van der Waals surface area contributed by atoms with Gasteiger partial charge in [-0.15, -0.1) is 11.3 Å². The van der Waals surface area contributed by atoms with E-state index < -0.39 is 0 Å². The van der Waals surface area contributed by atoms with Crippen molar-refractivity contribution in [3.63, 3.8) is 0 Å². The minimum atomic E-state index is 0.686. The Morgan fingerprint density at radius 1 is 1.33 bits per heavy atom. The molecule has 0 spiro atoms. The molecule has 0 aromatic carbocycles. The second kappa shape index (κ2) is 6.78. The number of piperazine rings is 1. The molecule has 1 aromatic rings. The van der Waals surface area contributed by atoms with Crippen molar-refractivity contribution in [2.24, 2.45) is 0 Å². The highest BCUT2D eigenvalue weighted by Crippen LogP contribution is 2.28. The van der Waals surface area contributed by atoms with Crippen LogP contribution < -0.4 is 5.32 Å². The van der Waals surface area contributed by atoms with Gasteiger partial charge in [-0.3, -0.25) is 9.80 Å². The molecule has 0 radical (unpaired) electrons. The molecule has 1 N–H and O–H groups in total. The predicted molar refractivity (Wildman–Crippen MR) is 90.9 cm³/mol. The molecular formula is C17H29N3S. The van der Waals surface area contributed by atoms with Gasteiger partial charge in [-0.05, 0) is 51.9 Å². The van der Waals surface area contributed by atoms with Crippen LogP contribution in [0.5, 0.6) is 0 Å². The van der Waals surface area contributed by atoms with Gasteiger partial charge in [0.1, 0.15) is 0 Å². The highest BCUT2D eigenvalue weighted by molar-refractivity contribution is 7.12. The molecule has 2 aliphatic rings. The molecule has 3 heterocycles. The Hall–Kier alpha value is -0.420. The van der Waals surface area contributed by atoms with Crippen molar-refractivity contribution in [3.05, 3.63) is 21.4 Å². The molecule has 3 rings (SSSR count). The average molecular weight is 308 g/mol. The number of fused-ring (bicyclic) bond motifs is 1. The third-order valence-electron chi connectivity index (χ3n) is 5.11. The van der Waals surface area contributed by atoms with Crippen LogP contribution in [0.25, 0.3) is 0 Å². The van der Waals surface area contributed by atoms with Gasteiger partial charge in [-0.25, -0.2) is 0 Å².